The highest BCUT2D eigenvalue weighted by molar-refractivity contribution is 7.91. The van der Waals surface area contributed by atoms with Crippen LogP contribution in [0.1, 0.15) is 12.8 Å². The fourth-order valence-electron chi connectivity index (χ4n) is 4.00. The van der Waals surface area contributed by atoms with E-state index in [9.17, 15) is 13.2 Å². The molecule has 2 saturated heterocycles. The lowest BCUT2D eigenvalue weighted by atomic mass is 9.96. The van der Waals surface area contributed by atoms with Crippen molar-refractivity contribution in [3.05, 3.63) is 46.8 Å². The average molecular weight is 454 g/mol. The molecule has 0 spiro atoms. The van der Waals surface area contributed by atoms with Crippen LogP contribution in [0.5, 0.6) is 0 Å². The van der Waals surface area contributed by atoms with Gasteiger partial charge < -0.3 is 9.80 Å². The third kappa shape index (κ3) is 4.45. The number of sulfonamides is 1. The maximum Gasteiger partial charge on any atom is 0.252 e. The van der Waals surface area contributed by atoms with Crippen LogP contribution in [0.25, 0.3) is 0 Å². The molecule has 0 saturated carbocycles. The summed E-state index contributed by atoms with van der Waals surface area (Å²) >= 11 is 7.32. The fraction of sp³-hybridized carbons (Fsp3) is 0.450. The van der Waals surface area contributed by atoms with Crippen LogP contribution in [0, 0.1) is 5.92 Å². The molecule has 2 aliphatic rings. The van der Waals surface area contributed by atoms with Gasteiger partial charge in [0.2, 0.25) is 5.91 Å². The molecule has 1 aromatic heterocycles. The number of rotatable bonds is 4. The number of hydrogen-bond donors (Lipinski definition) is 0. The van der Waals surface area contributed by atoms with Crippen LogP contribution in [0.2, 0.25) is 5.02 Å². The predicted molar refractivity (Wildman–Crippen MR) is 116 cm³/mol. The zero-order valence-electron chi connectivity index (χ0n) is 16.0. The van der Waals surface area contributed by atoms with E-state index in [2.05, 4.69) is 4.90 Å². The van der Waals surface area contributed by atoms with E-state index in [-0.39, 0.29) is 11.8 Å². The summed E-state index contributed by atoms with van der Waals surface area (Å²) < 4.78 is 27.2. The summed E-state index contributed by atoms with van der Waals surface area (Å²) in [7, 11) is -3.42. The standard InChI is InChI=1S/C20H24ClN3O3S2/c21-17-3-1-4-18(15-17)22-10-12-23(13-11-22)20(25)16-6-8-24(9-7-16)29(26,27)19-5-2-14-28-19/h1-5,14-16H,6-13H2. The summed E-state index contributed by atoms with van der Waals surface area (Å²) in [5.41, 5.74) is 1.08. The quantitative estimate of drug-likeness (QED) is 0.713. The largest absolute Gasteiger partial charge is 0.368 e. The summed E-state index contributed by atoms with van der Waals surface area (Å²) in [5.74, 6) is 0.0615. The van der Waals surface area contributed by atoms with Crippen LogP contribution in [0.4, 0.5) is 5.69 Å². The number of carbonyl (C=O) groups is 1. The molecule has 1 amide bonds. The number of nitrogens with zero attached hydrogens (tertiary/aromatic N) is 3. The molecule has 4 rings (SSSR count). The number of amides is 1. The van der Waals surface area contributed by atoms with Crippen molar-refractivity contribution >= 4 is 44.6 Å². The van der Waals surface area contributed by atoms with Crippen molar-refractivity contribution in [1.29, 1.82) is 0 Å². The van der Waals surface area contributed by atoms with Gasteiger partial charge in [0, 0.05) is 55.9 Å². The predicted octanol–water partition coefficient (Wildman–Crippen LogP) is 3.15. The summed E-state index contributed by atoms with van der Waals surface area (Å²) in [5, 5.41) is 2.48. The van der Waals surface area contributed by atoms with Gasteiger partial charge >= 0.3 is 0 Å². The van der Waals surface area contributed by atoms with Gasteiger partial charge in [-0.1, -0.05) is 23.7 Å². The summed E-state index contributed by atoms with van der Waals surface area (Å²) in [6, 6.07) is 11.2. The highest BCUT2D eigenvalue weighted by Crippen LogP contribution is 2.28. The van der Waals surface area contributed by atoms with Crippen LogP contribution in [-0.2, 0) is 14.8 Å². The maximum atomic E-state index is 13.0. The number of halogens is 1. The Kier molecular flexibility index (Phi) is 6.15. The topological polar surface area (TPSA) is 60.9 Å². The maximum absolute atomic E-state index is 13.0. The molecule has 9 heteroatoms. The van der Waals surface area contributed by atoms with Gasteiger partial charge in [-0.2, -0.15) is 4.31 Å². The summed E-state index contributed by atoms with van der Waals surface area (Å²) in [4.78, 5) is 17.1. The van der Waals surface area contributed by atoms with Gasteiger partial charge in [-0.05, 0) is 42.5 Å². The van der Waals surface area contributed by atoms with E-state index < -0.39 is 10.0 Å². The first kappa shape index (κ1) is 20.7. The second-order valence-corrected chi connectivity index (χ2v) is 11.0. The van der Waals surface area contributed by atoms with Crippen LogP contribution in [0.15, 0.2) is 46.0 Å². The number of piperazine rings is 1. The van der Waals surface area contributed by atoms with Gasteiger partial charge in [-0.25, -0.2) is 8.42 Å². The Morgan fingerprint density at radius 1 is 1.00 bits per heavy atom. The molecule has 29 heavy (non-hydrogen) atoms. The first-order valence-corrected chi connectivity index (χ1v) is 12.5. The monoisotopic (exact) mass is 453 g/mol. The summed E-state index contributed by atoms with van der Waals surface area (Å²) in [6.07, 6.45) is 1.16. The van der Waals surface area contributed by atoms with Crippen molar-refractivity contribution in [2.75, 3.05) is 44.2 Å². The van der Waals surface area contributed by atoms with Gasteiger partial charge in [-0.15, -0.1) is 11.3 Å². The normalized spacial score (nSPS) is 19.5. The van der Waals surface area contributed by atoms with Gasteiger partial charge in [-0.3, -0.25) is 4.79 Å². The number of carbonyl (C=O) groups excluding carboxylic acids is 1. The molecule has 0 radical (unpaired) electrons. The van der Waals surface area contributed by atoms with Crippen molar-refractivity contribution in [1.82, 2.24) is 9.21 Å². The minimum Gasteiger partial charge on any atom is -0.368 e. The number of anilines is 1. The van der Waals surface area contributed by atoms with E-state index in [4.69, 9.17) is 11.6 Å². The Bertz CT molecular complexity index is 949. The van der Waals surface area contributed by atoms with Crippen molar-refractivity contribution in [2.45, 2.75) is 17.1 Å². The van der Waals surface area contributed by atoms with E-state index in [1.165, 1.54) is 15.6 Å². The molecule has 2 fully saturated rings. The van der Waals surface area contributed by atoms with Gasteiger partial charge in [0.05, 0.1) is 0 Å². The van der Waals surface area contributed by atoms with Crippen molar-refractivity contribution in [2.24, 2.45) is 5.92 Å². The van der Waals surface area contributed by atoms with Crippen molar-refractivity contribution < 1.29 is 13.2 Å². The molecule has 6 nitrogen and oxygen atoms in total. The molecule has 0 aliphatic carbocycles. The molecule has 2 aromatic rings. The van der Waals surface area contributed by atoms with Crippen LogP contribution < -0.4 is 4.90 Å². The van der Waals surface area contributed by atoms with Gasteiger partial charge in [0.1, 0.15) is 4.21 Å². The van der Waals surface area contributed by atoms with Crippen LogP contribution in [0.3, 0.4) is 0 Å². The van der Waals surface area contributed by atoms with Gasteiger partial charge in [0.25, 0.3) is 10.0 Å². The van der Waals surface area contributed by atoms with Crippen molar-refractivity contribution in [3.8, 4) is 0 Å². The first-order chi connectivity index (χ1) is 13.9. The number of benzene rings is 1. The lowest BCUT2D eigenvalue weighted by Crippen LogP contribution is -2.52. The zero-order chi connectivity index (χ0) is 20.4. The van der Waals surface area contributed by atoms with Crippen LogP contribution in [-0.4, -0.2) is 62.8 Å². The zero-order valence-corrected chi connectivity index (χ0v) is 18.4. The van der Waals surface area contributed by atoms with Crippen LogP contribution >= 0.6 is 22.9 Å². The second-order valence-electron chi connectivity index (χ2n) is 7.40. The van der Waals surface area contributed by atoms with Crippen molar-refractivity contribution in [3.63, 3.8) is 0 Å². The average Bonchev–Trinajstić information content (AvgIpc) is 3.29. The van der Waals surface area contributed by atoms with E-state index in [0.29, 0.717) is 48.3 Å². The van der Waals surface area contributed by atoms with E-state index in [0.717, 1.165) is 18.8 Å². The smallest absolute Gasteiger partial charge is 0.252 e. The Labute approximate surface area is 180 Å². The SMILES string of the molecule is O=C(C1CCN(S(=O)(=O)c2cccs2)CC1)N1CCN(c2cccc(Cl)c2)CC1. The molecule has 0 bridgehead atoms. The lowest BCUT2D eigenvalue weighted by Gasteiger charge is -2.39. The second kappa shape index (κ2) is 8.63. The summed E-state index contributed by atoms with van der Waals surface area (Å²) in [6.45, 7) is 3.71. The molecule has 0 N–H and O–H groups in total. The third-order valence-corrected chi connectivity index (χ3v) is 9.16. The number of thiophene rings is 1. The Morgan fingerprint density at radius 2 is 1.72 bits per heavy atom. The molecule has 3 heterocycles. The highest BCUT2D eigenvalue weighted by Gasteiger charge is 2.35. The minimum absolute atomic E-state index is 0.0949. The molecule has 2 aliphatic heterocycles. The molecule has 0 unspecified atom stereocenters. The molecular weight excluding hydrogens is 430 g/mol. The minimum atomic E-state index is -3.42. The highest BCUT2D eigenvalue weighted by atomic mass is 35.5. The number of hydrogen-bond acceptors (Lipinski definition) is 5. The Morgan fingerprint density at radius 3 is 2.34 bits per heavy atom. The lowest BCUT2D eigenvalue weighted by molar-refractivity contribution is -0.137. The first-order valence-electron chi connectivity index (χ1n) is 9.78. The fourth-order valence-corrected chi connectivity index (χ4v) is 6.80. The molecule has 156 valence electrons. The van der Waals surface area contributed by atoms with E-state index in [1.54, 1.807) is 17.5 Å². The molecular formula is C20H24ClN3O3S2. The van der Waals surface area contributed by atoms with E-state index >= 15 is 0 Å². The Hall–Kier alpha value is -1.61. The van der Waals surface area contributed by atoms with E-state index in [1.807, 2.05) is 29.2 Å². The van der Waals surface area contributed by atoms with Gasteiger partial charge in [0.15, 0.2) is 0 Å². The molecule has 0 atom stereocenters. The Balaban J connectivity index is 1.30. The third-order valence-electron chi connectivity index (χ3n) is 5.66. The number of piperidine rings is 1. The molecule has 1 aromatic carbocycles.